The van der Waals surface area contributed by atoms with Crippen LogP contribution in [0.1, 0.15) is 16.7 Å². The first kappa shape index (κ1) is 18.4. The van der Waals surface area contributed by atoms with Crippen molar-refractivity contribution >= 4 is 34.7 Å². The molecule has 1 aliphatic heterocycles. The van der Waals surface area contributed by atoms with Crippen molar-refractivity contribution in [2.75, 3.05) is 0 Å². The molecule has 0 unspecified atom stereocenters. The number of aryl methyl sites for hydroxylation is 1. The fourth-order valence-electron chi connectivity index (χ4n) is 3.28. The van der Waals surface area contributed by atoms with E-state index in [0.717, 1.165) is 21.9 Å². The number of barbiturate groups is 1. The lowest BCUT2D eigenvalue weighted by molar-refractivity contribution is -0.123. The number of urea groups is 1. The first-order chi connectivity index (χ1) is 14.0. The van der Waals surface area contributed by atoms with E-state index in [-0.39, 0.29) is 5.57 Å². The average molecular weight is 386 g/mol. The number of carbonyl (C=O) groups excluding carboxylic acids is 3. The van der Waals surface area contributed by atoms with Gasteiger partial charge in [-0.15, -0.1) is 0 Å². The van der Waals surface area contributed by atoms with Crippen molar-refractivity contribution in [2.24, 2.45) is 0 Å². The van der Waals surface area contributed by atoms with Crippen molar-refractivity contribution in [3.8, 4) is 5.75 Å². The van der Waals surface area contributed by atoms with E-state index in [1.54, 1.807) is 18.2 Å². The highest BCUT2D eigenvalue weighted by molar-refractivity contribution is 6.31. The van der Waals surface area contributed by atoms with Crippen LogP contribution in [-0.2, 0) is 16.2 Å². The summed E-state index contributed by atoms with van der Waals surface area (Å²) in [6, 6.07) is 18.5. The van der Waals surface area contributed by atoms with Crippen LogP contribution in [-0.4, -0.2) is 17.8 Å². The second kappa shape index (κ2) is 7.59. The number of ether oxygens (including phenoxy) is 1. The minimum atomic E-state index is -0.826. The highest BCUT2D eigenvalue weighted by Gasteiger charge is 2.28. The number of hydrogen-bond acceptors (Lipinski definition) is 4. The molecule has 29 heavy (non-hydrogen) atoms. The third-order valence-corrected chi connectivity index (χ3v) is 4.81. The molecule has 3 aromatic rings. The van der Waals surface area contributed by atoms with E-state index in [2.05, 4.69) is 34.9 Å². The molecule has 0 saturated carbocycles. The van der Waals surface area contributed by atoms with E-state index in [9.17, 15) is 14.4 Å². The number of imide groups is 2. The summed E-state index contributed by atoms with van der Waals surface area (Å²) in [7, 11) is 0. The number of para-hydroxylation sites is 1. The Hall–Kier alpha value is -3.93. The van der Waals surface area contributed by atoms with Crippen LogP contribution in [0.25, 0.3) is 16.8 Å². The number of amides is 4. The molecule has 1 fully saturated rings. The maximum absolute atomic E-state index is 12.0. The van der Waals surface area contributed by atoms with Gasteiger partial charge in [-0.05, 0) is 35.4 Å². The Morgan fingerprint density at radius 3 is 2.34 bits per heavy atom. The van der Waals surface area contributed by atoms with Gasteiger partial charge in [-0.1, -0.05) is 54.6 Å². The van der Waals surface area contributed by atoms with Crippen molar-refractivity contribution in [1.82, 2.24) is 10.6 Å². The van der Waals surface area contributed by atoms with E-state index in [1.807, 2.05) is 25.1 Å². The predicted molar refractivity (Wildman–Crippen MR) is 109 cm³/mol. The average Bonchev–Trinajstić information content (AvgIpc) is 2.70. The van der Waals surface area contributed by atoms with Gasteiger partial charge in [0, 0.05) is 11.1 Å². The van der Waals surface area contributed by atoms with Gasteiger partial charge in [0.2, 0.25) is 0 Å². The molecule has 0 aromatic heterocycles. The lowest BCUT2D eigenvalue weighted by atomic mass is 10.0. The summed E-state index contributed by atoms with van der Waals surface area (Å²) in [5.74, 6) is -0.943. The molecule has 144 valence electrons. The molecule has 3 aromatic carbocycles. The number of carbonyl (C=O) groups is 3. The molecule has 0 spiro atoms. The quantitative estimate of drug-likeness (QED) is 0.531. The molecule has 4 rings (SSSR count). The van der Waals surface area contributed by atoms with E-state index < -0.39 is 17.8 Å². The molecule has 0 radical (unpaired) electrons. The van der Waals surface area contributed by atoms with E-state index >= 15 is 0 Å². The molecule has 4 amide bonds. The predicted octanol–water partition coefficient (Wildman–Crippen LogP) is 3.48. The summed E-state index contributed by atoms with van der Waals surface area (Å²) >= 11 is 0. The normalized spacial score (nSPS) is 13.8. The number of benzene rings is 3. The molecule has 1 heterocycles. The molecule has 1 aliphatic rings. The Morgan fingerprint density at radius 2 is 1.55 bits per heavy atom. The van der Waals surface area contributed by atoms with Crippen molar-refractivity contribution in [1.29, 1.82) is 0 Å². The van der Waals surface area contributed by atoms with Crippen LogP contribution in [0.2, 0.25) is 0 Å². The van der Waals surface area contributed by atoms with Gasteiger partial charge >= 0.3 is 6.03 Å². The first-order valence-corrected chi connectivity index (χ1v) is 9.10. The number of hydrogen-bond donors (Lipinski definition) is 2. The summed E-state index contributed by atoms with van der Waals surface area (Å²) in [5.41, 5.74) is 2.61. The van der Waals surface area contributed by atoms with Crippen LogP contribution in [0.5, 0.6) is 5.75 Å². The zero-order valence-electron chi connectivity index (χ0n) is 15.7. The van der Waals surface area contributed by atoms with Gasteiger partial charge in [0.1, 0.15) is 17.9 Å². The highest BCUT2D eigenvalue weighted by atomic mass is 16.5. The lowest BCUT2D eigenvalue weighted by Crippen LogP contribution is -2.51. The standard InChI is InChI=1S/C23H18N2O4/c1-14-10-11-15-6-2-4-8-17(15)19(14)13-29-20-9-5-3-7-16(20)12-18-21(26)24-23(28)25-22(18)27/h2-12H,13H2,1H3,(H2,24,25,26,27,28). The monoisotopic (exact) mass is 386 g/mol. The van der Waals surface area contributed by atoms with Gasteiger partial charge in [-0.25, -0.2) is 4.79 Å². The molecular formula is C23H18N2O4. The molecule has 0 aliphatic carbocycles. The smallest absolute Gasteiger partial charge is 0.328 e. The van der Waals surface area contributed by atoms with Gasteiger partial charge < -0.3 is 4.74 Å². The second-order valence-electron chi connectivity index (χ2n) is 6.70. The molecular weight excluding hydrogens is 368 g/mol. The third kappa shape index (κ3) is 3.73. The van der Waals surface area contributed by atoms with Crippen LogP contribution in [0.4, 0.5) is 4.79 Å². The Bertz CT molecular complexity index is 1160. The maximum Gasteiger partial charge on any atom is 0.328 e. The minimum Gasteiger partial charge on any atom is -0.488 e. The summed E-state index contributed by atoms with van der Waals surface area (Å²) in [6.07, 6.45) is 1.42. The third-order valence-electron chi connectivity index (χ3n) is 4.81. The topological polar surface area (TPSA) is 84.5 Å². The van der Waals surface area contributed by atoms with Crippen molar-refractivity contribution in [3.05, 3.63) is 82.9 Å². The summed E-state index contributed by atoms with van der Waals surface area (Å²) in [6.45, 7) is 2.37. The van der Waals surface area contributed by atoms with Crippen molar-refractivity contribution in [3.63, 3.8) is 0 Å². The van der Waals surface area contributed by atoms with Crippen LogP contribution in [0, 0.1) is 6.92 Å². The van der Waals surface area contributed by atoms with Crippen LogP contribution < -0.4 is 15.4 Å². The second-order valence-corrected chi connectivity index (χ2v) is 6.70. The SMILES string of the molecule is Cc1ccc2ccccc2c1COc1ccccc1C=C1C(=O)NC(=O)NC1=O. The van der Waals surface area contributed by atoms with Crippen molar-refractivity contribution < 1.29 is 19.1 Å². The van der Waals surface area contributed by atoms with Gasteiger partial charge in [0.15, 0.2) is 0 Å². The van der Waals surface area contributed by atoms with E-state index in [0.29, 0.717) is 17.9 Å². The Morgan fingerprint density at radius 1 is 0.862 bits per heavy atom. The molecule has 1 saturated heterocycles. The van der Waals surface area contributed by atoms with Crippen LogP contribution >= 0.6 is 0 Å². The molecule has 6 nitrogen and oxygen atoms in total. The van der Waals surface area contributed by atoms with Gasteiger partial charge in [-0.2, -0.15) is 0 Å². The summed E-state index contributed by atoms with van der Waals surface area (Å²) in [4.78, 5) is 35.2. The molecule has 0 atom stereocenters. The largest absolute Gasteiger partial charge is 0.488 e. The summed E-state index contributed by atoms with van der Waals surface area (Å²) < 4.78 is 6.07. The fraction of sp³-hybridized carbons (Fsp3) is 0.0870. The van der Waals surface area contributed by atoms with Crippen LogP contribution in [0.15, 0.2) is 66.2 Å². The molecule has 0 bridgehead atoms. The summed E-state index contributed by atoms with van der Waals surface area (Å²) in [5, 5.41) is 6.38. The Kier molecular flexibility index (Phi) is 4.83. The molecule has 2 N–H and O–H groups in total. The van der Waals surface area contributed by atoms with Gasteiger partial charge in [-0.3, -0.25) is 20.2 Å². The number of rotatable bonds is 4. The number of fused-ring (bicyclic) bond motifs is 1. The highest BCUT2D eigenvalue weighted by Crippen LogP contribution is 2.26. The first-order valence-electron chi connectivity index (χ1n) is 9.10. The lowest BCUT2D eigenvalue weighted by Gasteiger charge is -2.16. The van der Waals surface area contributed by atoms with E-state index in [4.69, 9.17) is 4.74 Å². The zero-order valence-corrected chi connectivity index (χ0v) is 15.7. The van der Waals surface area contributed by atoms with Gasteiger partial charge in [0.05, 0.1) is 0 Å². The Labute approximate surface area is 167 Å². The zero-order chi connectivity index (χ0) is 20.4. The molecule has 6 heteroatoms. The minimum absolute atomic E-state index is 0.151. The Balaban J connectivity index is 1.65. The fourth-order valence-corrected chi connectivity index (χ4v) is 3.28. The van der Waals surface area contributed by atoms with Gasteiger partial charge in [0.25, 0.3) is 11.8 Å². The van der Waals surface area contributed by atoms with Crippen molar-refractivity contribution in [2.45, 2.75) is 13.5 Å². The van der Waals surface area contributed by atoms with E-state index in [1.165, 1.54) is 6.08 Å². The maximum atomic E-state index is 12.0. The number of nitrogens with one attached hydrogen (secondary N) is 2. The van der Waals surface area contributed by atoms with Crippen LogP contribution in [0.3, 0.4) is 0 Å².